The number of nitrogens with zero attached hydrogens (tertiary/aromatic N) is 1. The maximum Gasteiger partial charge on any atom is 0.295 e. The number of rotatable bonds is 5. The lowest BCUT2D eigenvalue weighted by atomic mass is 9.95. The van der Waals surface area contributed by atoms with Crippen molar-refractivity contribution < 1.29 is 19.4 Å². The number of amides is 1. The molecule has 0 saturated carbocycles. The second-order valence-corrected chi connectivity index (χ2v) is 7.32. The Labute approximate surface area is 166 Å². The summed E-state index contributed by atoms with van der Waals surface area (Å²) in [4.78, 5) is 26.8. The van der Waals surface area contributed by atoms with E-state index in [1.807, 2.05) is 43.3 Å². The monoisotopic (exact) mass is 429 g/mol. The van der Waals surface area contributed by atoms with E-state index in [0.29, 0.717) is 12.2 Å². The molecule has 1 saturated heterocycles. The number of likely N-dealkylation sites (tertiary alicyclic amines) is 1. The van der Waals surface area contributed by atoms with Gasteiger partial charge in [0.15, 0.2) is 0 Å². The number of carbonyl (C=O) groups excluding carboxylic acids is 2. The molecule has 2 aromatic carbocycles. The maximum atomic E-state index is 12.8. The molecule has 1 aliphatic rings. The highest BCUT2D eigenvalue weighted by molar-refractivity contribution is 9.10. The van der Waals surface area contributed by atoms with Crippen LogP contribution in [0.3, 0.4) is 0 Å². The van der Waals surface area contributed by atoms with Crippen molar-refractivity contribution >= 4 is 33.4 Å². The topological polar surface area (TPSA) is 66.8 Å². The molecule has 0 spiro atoms. The summed E-state index contributed by atoms with van der Waals surface area (Å²) in [6.07, 6.45) is 0. The van der Waals surface area contributed by atoms with Crippen LogP contribution in [0.1, 0.15) is 22.7 Å². The third kappa shape index (κ3) is 3.82. The average molecular weight is 430 g/mol. The molecule has 0 aliphatic carbocycles. The van der Waals surface area contributed by atoms with Crippen LogP contribution in [0.25, 0.3) is 5.76 Å². The van der Waals surface area contributed by atoms with Crippen LogP contribution in [0.2, 0.25) is 0 Å². The number of carbonyl (C=O) groups is 2. The molecule has 2 aromatic rings. The summed E-state index contributed by atoms with van der Waals surface area (Å²) in [5, 5.41) is 10.9. The summed E-state index contributed by atoms with van der Waals surface area (Å²) in [5.41, 5.74) is 2.40. The number of aliphatic hydroxyl groups excluding tert-OH is 1. The summed E-state index contributed by atoms with van der Waals surface area (Å²) < 4.78 is 5.98. The van der Waals surface area contributed by atoms with Crippen LogP contribution in [-0.4, -0.2) is 42.0 Å². The summed E-state index contributed by atoms with van der Waals surface area (Å²) in [5.74, 6) is -1.48. The normalized spacial score (nSPS) is 18.9. The highest BCUT2D eigenvalue weighted by Gasteiger charge is 2.45. The first-order valence-corrected chi connectivity index (χ1v) is 9.33. The summed E-state index contributed by atoms with van der Waals surface area (Å²) >= 11 is 3.39. The fraction of sp³-hybridized carbons (Fsp3) is 0.238. The number of Topliss-reactive ketones (excluding diaryl/α,β-unsaturated/α-hetero) is 1. The minimum absolute atomic E-state index is 0.0993. The minimum Gasteiger partial charge on any atom is -0.507 e. The number of hydrogen-bond acceptors (Lipinski definition) is 4. The molecular weight excluding hydrogens is 410 g/mol. The molecule has 6 heteroatoms. The number of aryl methyl sites for hydroxylation is 1. The Hall–Kier alpha value is -2.44. The Morgan fingerprint density at radius 2 is 1.74 bits per heavy atom. The van der Waals surface area contributed by atoms with E-state index in [0.717, 1.165) is 15.6 Å². The van der Waals surface area contributed by atoms with Crippen molar-refractivity contribution in [3.63, 3.8) is 0 Å². The SMILES string of the molecule is COCCN1C(=O)C(=O)C(=C(O)c2ccc(C)cc2)[C@H]1c1ccc(Br)cc1. The van der Waals surface area contributed by atoms with E-state index < -0.39 is 17.7 Å². The number of ketones is 1. The average Bonchev–Trinajstić information content (AvgIpc) is 2.91. The first-order chi connectivity index (χ1) is 12.9. The zero-order valence-corrected chi connectivity index (χ0v) is 16.7. The number of benzene rings is 2. The Kier molecular flexibility index (Phi) is 5.77. The van der Waals surface area contributed by atoms with Crippen LogP contribution in [0.15, 0.2) is 58.6 Å². The molecule has 0 radical (unpaired) electrons. The number of ether oxygens (including phenoxy) is 1. The second kappa shape index (κ2) is 8.06. The highest BCUT2D eigenvalue weighted by Crippen LogP contribution is 2.39. The maximum absolute atomic E-state index is 12.8. The Bertz CT molecular complexity index is 887. The van der Waals surface area contributed by atoms with Gasteiger partial charge in [-0.05, 0) is 24.6 Å². The van der Waals surface area contributed by atoms with E-state index in [4.69, 9.17) is 4.74 Å². The summed E-state index contributed by atoms with van der Waals surface area (Å²) in [6, 6.07) is 13.9. The lowest BCUT2D eigenvalue weighted by Crippen LogP contribution is -2.32. The zero-order chi connectivity index (χ0) is 19.6. The quantitative estimate of drug-likeness (QED) is 0.445. The molecule has 5 nitrogen and oxygen atoms in total. The Morgan fingerprint density at radius 3 is 2.33 bits per heavy atom. The third-order valence-corrected chi connectivity index (χ3v) is 5.12. The van der Waals surface area contributed by atoms with Gasteiger partial charge in [-0.15, -0.1) is 0 Å². The van der Waals surface area contributed by atoms with E-state index in [9.17, 15) is 14.7 Å². The summed E-state index contributed by atoms with van der Waals surface area (Å²) in [7, 11) is 1.54. The lowest BCUT2D eigenvalue weighted by Gasteiger charge is -2.25. The van der Waals surface area contributed by atoms with Crippen LogP contribution < -0.4 is 0 Å². The molecule has 1 aliphatic heterocycles. The molecule has 1 fully saturated rings. The molecule has 27 heavy (non-hydrogen) atoms. The van der Waals surface area contributed by atoms with Gasteiger partial charge >= 0.3 is 0 Å². The predicted molar refractivity (Wildman–Crippen MR) is 106 cm³/mol. The molecule has 1 N–H and O–H groups in total. The Balaban J connectivity index is 2.14. The van der Waals surface area contributed by atoms with Gasteiger partial charge in [0.05, 0.1) is 18.2 Å². The number of hydrogen-bond donors (Lipinski definition) is 1. The molecular formula is C21H20BrNO4. The molecule has 0 aromatic heterocycles. The van der Waals surface area contributed by atoms with Crippen molar-refractivity contribution in [3.8, 4) is 0 Å². The molecule has 1 amide bonds. The van der Waals surface area contributed by atoms with Gasteiger partial charge in [-0.2, -0.15) is 0 Å². The van der Waals surface area contributed by atoms with Gasteiger partial charge in [-0.3, -0.25) is 9.59 Å². The van der Waals surface area contributed by atoms with E-state index in [2.05, 4.69) is 15.9 Å². The van der Waals surface area contributed by atoms with Gasteiger partial charge < -0.3 is 14.7 Å². The van der Waals surface area contributed by atoms with Crippen molar-refractivity contribution in [2.24, 2.45) is 0 Å². The largest absolute Gasteiger partial charge is 0.507 e. The highest BCUT2D eigenvalue weighted by atomic mass is 79.9. The van der Waals surface area contributed by atoms with Gasteiger partial charge in [0, 0.05) is 23.7 Å². The van der Waals surface area contributed by atoms with E-state index in [1.54, 1.807) is 12.1 Å². The van der Waals surface area contributed by atoms with Gasteiger partial charge in [-0.1, -0.05) is 57.9 Å². The first kappa shape index (κ1) is 19.3. The van der Waals surface area contributed by atoms with Gasteiger partial charge in [-0.25, -0.2) is 0 Å². The molecule has 3 rings (SSSR count). The second-order valence-electron chi connectivity index (χ2n) is 6.40. The predicted octanol–water partition coefficient (Wildman–Crippen LogP) is 3.83. The number of halogens is 1. The van der Waals surface area contributed by atoms with Gasteiger partial charge in [0.1, 0.15) is 5.76 Å². The zero-order valence-electron chi connectivity index (χ0n) is 15.1. The van der Waals surface area contributed by atoms with Gasteiger partial charge in [0.2, 0.25) is 0 Å². The molecule has 140 valence electrons. The van der Waals surface area contributed by atoms with E-state index in [1.165, 1.54) is 12.0 Å². The number of methoxy groups -OCH3 is 1. The van der Waals surface area contributed by atoms with Crippen molar-refractivity contribution in [2.75, 3.05) is 20.3 Å². The smallest absolute Gasteiger partial charge is 0.295 e. The Morgan fingerprint density at radius 1 is 1.11 bits per heavy atom. The minimum atomic E-state index is -0.683. The number of aliphatic hydroxyl groups is 1. The summed E-state index contributed by atoms with van der Waals surface area (Å²) in [6.45, 7) is 2.49. The van der Waals surface area contributed by atoms with Crippen LogP contribution in [-0.2, 0) is 14.3 Å². The third-order valence-electron chi connectivity index (χ3n) is 4.59. The molecule has 1 atom stereocenters. The van der Waals surface area contributed by atoms with Crippen LogP contribution in [0.5, 0.6) is 0 Å². The first-order valence-electron chi connectivity index (χ1n) is 8.54. The standard InChI is InChI=1S/C21H20BrNO4/c1-13-3-5-15(6-4-13)19(24)17-18(14-7-9-16(22)10-8-14)23(11-12-27-2)21(26)20(17)25/h3-10,18,24H,11-12H2,1-2H3/t18-/m1/s1. The van der Waals surface area contributed by atoms with Crippen molar-refractivity contribution in [1.82, 2.24) is 4.90 Å². The van der Waals surface area contributed by atoms with Crippen LogP contribution >= 0.6 is 15.9 Å². The van der Waals surface area contributed by atoms with Crippen LogP contribution in [0.4, 0.5) is 0 Å². The molecule has 0 unspecified atom stereocenters. The van der Waals surface area contributed by atoms with Gasteiger partial charge in [0.25, 0.3) is 11.7 Å². The molecule has 0 bridgehead atoms. The fourth-order valence-corrected chi connectivity index (χ4v) is 3.42. The molecule has 1 heterocycles. The lowest BCUT2D eigenvalue weighted by molar-refractivity contribution is -0.140. The van der Waals surface area contributed by atoms with Crippen molar-refractivity contribution in [1.29, 1.82) is 0 Å². The van der Waals surface area contributed by atoms with E-state index >= 15 is 0 Å². The van der Waals surface area contributed by atoms with Crippen LogP contribution in [0, 0.1) is 6.92 Å². The van der Waals surface area contributed by atoms with E-state index in [-0.39, 0.29) is 17.9 Å². The fourth-order valence-electron chi connectivity index (χ4n) is 3.16. The van der Waals surface area contributed by atoms with Crippen molar-refractivity contribution in [2.45, 2.75) is 13.0 Å². The van der Waals surface area contributed by atoms with Crippen molar-refractivity contribution in [3.05, 3.63) is 75.3 Å².